The van der Waals surface area contributed by atoms with Gasteiger partial charge in [-0.3, -0.25) is 14.9 Å². The predicted molar refractivity (Wildman–Crippen MR) is 75.3 cm³/mol. The van der Waals surface area contributed by atoms with Crippen molar-refractivity contribution in [2.75, 3.05) is 20.6 Å². The van der Waals surface area contributed by atoms with Crippen LogP contribution in [0.15, 0.2) is 0 Å². The second-order valence-corrected chi connectivity index (χ2v) is 5.84. The molecule has 0 aliphatic carbocycles. The fourth-order valence-corrected chi connectivity index (χ4v) is 1.36. The van der Waals surface area contributed by atoms with E-state index in [4.69, 9.17) is 5.11 Å². The minimum atomic E-state index is -0.956. The van der Waals surface area contributed by atoms with E-state index in [9.17, 15) is 14.4 Å². The number of carbonyl (C=O) groups excluding carboxylic acids is 2. The minimum absolute atomic E-state index is 0.0107. The number of amides is 3. The zero-order valence-electron chi connectivity index (χ0n) is 12.8. The third kappa shape index (κ3) is 7.73. The van der Waals surface area contributed by atoms with Crippen LogP contribution in [-0.2, 0) is 9.59 Å². The first-order chi connectivity index (χ1) is 9.04. The molecule has 7 heteroatoms. The molecule has 0 saturated carbocycles. The normalized spacial score (nSPS) is 12.9. The number of carboxylic acids is 1. The molecule has 0 bridgehead atoms. The molecule has 0 rings (SSSR count). The lowest BCUT2D eigenvalue weighted by atomic mass is 10.0. The molecule has 3 amide bonds. The molecule has 0 aromatic rings. The quantitative estimate of drug-likeness (QED) is 0.638. The van der Waals surface area contributed by atoms with Gasteiger partial charge in [-0.05, 0) is 33.9 Å². The number of nitrogens with zero attached hydrogens (tertiary/aromatic N) is 1. The van der Waals surface area contributed by atoms with Crippen LogP contribution in [0.3, 0.4) is 0 Å². The summed E-state index contributed by atoms with van der Waals surface area (Å²) >= 11 is 0. The molecule has 0 heterocycles. The van der Waals surface area contributed by atoms with Gasteiger partial charge in [0.2, 0.25) is 5.91 Å². The fraction of sp³-hybridized carbons (Fsp3) is 0.769. The van der Waals surface area contributed by atoms with Gasteiger partial charge in [0.1, 0.15) is 0 Å². The predicted octanol–water partition coefficient (Wildman–Crippen LogP) is 0.653. The molecule has 1 unspecified atom stereocenters. The summed E-state index contributed by atoms with van der Waals surface area (Å²) in [5.74, 6) is -1.74. The number of hydrogen-bond acceptors (Lipinski definition) is 4. The van der Waals surface area contributed by atoms with E-state index in [-0.39, 0.29) is 24.3 Å². The molecule has 0 aliphatic heterocycles. The van der Waals surface area contributed by atoms with Gasteiger partial charge in [-0.1, -0.05) is 6.92 Å². The van der Waals surface area contributed by atoms with Crippen molar-refractivity contribution in [3.63, 3.8) is 0 Å². The van der Waals surface area contributed by atoms with Crippen molar-refractivity contribution in [1.82, 2.24) is 15.5 Å². The number of urea groups is 1. The molecule has 0 aliphatic rings. The first-order valence-corrected chi connectivity index (χ1v) is 6.51. The molecule has 7 nitrogen and oxygen atoms in total. The average molecular weight is 287 g/mol. The number of nitrogens with one attached hydrogen (secondary N) is 2. The Balaban J connectivity index is 4.09. The summed E-state index contributed by atoms with van der Waals surface area (Å²) in [6, 6.07) is -0.563. The second-order valence-electron chi connectivity index (χ2n) is 5.84. The Morgan fingerprint density at radius 1 is 1.20 bits per heavy atom. The van der Waals surface area contributed by atoms with Gasteiger partial charge in [0, 0.05) is 24.9 Å². The van der Waals surface area contributed by atoms with Crippen LogP contribution in [0.1, 0.15) is 33.6 Å². The fourth-order valence-electron chi connectivity index (χ4n) is 1.36. The average Bonchev–Trinajstić information content (AvgIpc) is 2.24. The summed E-state index contributed by atoms with van der Waals surface area (Å²) in [6.07, 6.45) is -0.0838. The number of carboxylic acid groups (broad SMARTS) is 1. The Bertz CT molecular complexity index is 367. The molecule has 0 saturated heterocycles. The largest absolute Gasteiger partial charge is 0.481 e. The molecular weight excluding hydrogens is 262 g/mol. The molecule has 0 aromatic heterocycles. The van der Waals surface area contributed by atoms with E-state index in [1.54, 1.807) is 6.92 Å². The first kappa shape index (κ1) is 18.4. The molecule has 0 aromatic carbocycles. The first-order valence-electron chi connectivity index (χ1n) is 6.51. The van der Waals surface area contributed by atoms with Crippen LogP contribution >= 0.6 is 0 Å². The number of hydrogen-bond donors (Lipinski definition) is 3. The molecule has 0 radical (unpaired) electrons. The van der Waals surface area contributed by atoms with E-state index in [0.717, 1.165) is 0 Å². The van der Waals surface area contributed by atoms with Gasteiger partial charge < -0.3 is 15.3 Å². The number of imide groups is 1. The number of likely N-dealkylation sites (N-methyl/N-ethyl adjacent to an activating group) is 1. The Morgan fingerprint density at radius 3 is 2.20 bits per heavy atom. The van der Waals surface area contributed by atoms with Gasteiger partial charge in [0.25, 0.3) is 0 Å². The van der Waals surface area contributed by atoms with Crippen molar-refractivity contribution in [2.24, 2.45) is 5.92 Å². The lowest BCUT2D eigenvalue weighted by Gasteiger charge is -2.32. The van der Waals surface area contributed by atoms with Crippen molar-refractivity contribution in [2.45, 2.75) is 39.2 Å². The van der Waals surface area contributed by atoms with Gasteiger partial charge in [0.15, 0.2) is 0 Å². The van der Waals surface area contributed by atoms with Crippen LogP contribution in [0.4, 0.5) is 4.79 Å². The number of rotatable bonds is 7. The molecule has 1 atom stereocenters. The standard InChI is InChI=1S/C13H25N3O4/c1-9(7-11(18)19)6-10(17)15-12(20)14-8-13(2,3)16(4)5/h9H,6-8H2,1-5H3,(H,18,19)(H2,14,15,17,20). The Kier molecular flexibility index (Phi) is 7.20. The molecule has 0 fully saturated rings. The van der Waals surface area contributed by atoms with Gasteiger partial charge in [-0.25, -0.2) is 4.79 Å². The van der Waals surface area contributed by atoms with Crippen LogP contribution in [0.2, 0.25) is 0 Å². The third-order valence-corrected chi connectivity index (χ3v) is 3.20. The Hall–Kier alpha value is -1.63. The van der Waals surface area contributed by atoms with Crippen molar-refractivity contribution >= 4 is 17.9 Å². The molecule has 3 N–H and O–H groups in total. The zero-order valence-corrected chi connectivity index (χ0v) is 12.8. The van der Waals surface area contributed by atoms with Gasteiger partial charge in [-0.2, -0.15) is 0 Å². The topological polar surface area (TPSA) is 98.7 Å². The van der Waals surface area contributed by atoms with Gasteiger partial charge >= 0.3 is 12.0 Å². The second kappa shape index (κ2) is 7.84. The van der Waals surface area contributed by atoms with Crippen LogP contribution in [-0.4, -0.2) is 54.1 Å². The monoisotopic (exact) mass is 287 g/mol. The molecular formula is C13H25N3O4. The zero-order chi connectivity index (χ0) is 15.9. The summed E-state index contributed by atoms with van der Waals surface area (Å²) in [5.41, 5.74) is -0.225. The van der Waals surface area contributed by atoms with Crippen LogP contribution in [0, 0.1) is 5.92 Å². The van der Waals surface area contributed by atoms with Gasteiger partial charge in [0.05, 0.1) is 0 Å². The third-order valence-electron chi connectivity index (χ3n) is 3.20. The maximum Gasteiger partial charge on any atom is 0.321 e. The van der Waals surface area contributed by atoms with E-state index in [1.807, 2.05) is 32.8 Å². The van der Waals surface area contributed by atoms with Crippen molar-refractivity contribution < 1.29 is 19.5 Å². The summed E-state index contributed by atoms with van der Waals surface area (Å²) in [6.45, 7) is 5.97. The van der Waals surface area contributed by atoms with Crippen LogP contribution < -0.4 is 10.6 Å². The molecule has 116 valence electrons. The Morgan fingerprint density at radius 2 is 1.75 bits per heavy atom. The van der Waals surface area contributed by atoms with Crippen molar-refractivity contribution in [3.8, 4) is 0 Å². The van der Waals surface area contributed by atoms with Gasteiger partial charge in [-0.15, -0.1) is 0 Å². The highest BCUT2D eigenvalue weighted by molar-refractivity contribution is 5.94. The van der Waals surface area contributed by atoms with Crippen molar-refractivity contribution in [1.29, 1.82) is 0 Å². The minimum Gasteiger partial charge on any atom is -0.481 e. The summed E-state index contributed by atoms with van der Waals surface area (Å²) < 4.78 is 0. The SMILES string of the molecule is CC(CC(=O)O)CC(=O)NC(=O)NCC(C)(C)N(C)C. The maximum absolute atomic E-state index is 11.5. The number of aliphatic carboxylic acids is 1. The lowest BCUT2D eigenvalue weighted by Crippen LogP contribution is -2.51. The summed E-state index contributed by atoms with van der Waals surface area (Å²) in [5, 5.41) is 13.4. The highest BCUT2D eigenvalue weighted by Crippen LogP contribution is 2.08. The summed E-state index contributed by atoms with van der Waals surface area (Å²) in [4.78, 5) is 35.5. The Labute approximate surface area is 119 Å². The van der Waals surface area contributed by atoms with E-state index >= 15 is 0 Å². The smallest absolute Gasteiger partial charge is 0.321 e. The highest BCUT2D eigenvalue weighted by Gasteiger charge is 2.21. The van der Waals surface area contributed by atoms with Crippen molar-refractivity contribution in [3.05, 3.63) is 0 Å². The van der Waals surface area contributed by atoms with E-state index in [0.29, 0.717) is 6.54 Å². The molecule has 20 heavy (non-hydrogen) atoms. The van der Waals surface area contributed by atoms with E-state index < -0.39 is 17.9 Å². The van der Waals surface area contributed by atoms with E-state index in [1.165, 1.54) is 0 Å². The number of carbonyl (C=O) groups is 3. The highest BCUT2D eigenvalue weighted by atomic mass is 16.4. The van der Waals surface area contributed by atoms with Crippen LogP contribution in [0.5, 0.6) is 0 Å². The van der Waals surface area contributed by atoms with Crippen LogP contribution in [0.25, 0.3) is 0 Å². The maximum atomic E-state index is 11.5. The van der Waals surface area contributed by atoms with E-state index in [2.05, 4.69) is 10.6 Å². The molecule has 0 spiro atoms. The summed E-state index contributed by atoms with van der Waals surface area (Å²) in [7, 11) is 3.80. The lowest BCUT2D eigenvalue weighted by molar-refractivity contribution is -0.138.